The quantitative estimate of drug-likeness (QED) is 0.141. The van der Waals surface area contributed by atoms with E-state index in [1.807, 2.05) is 13.8 Å². The van der Waals surface area contributed by atoms with Crippen molar-refractivity contribution >= 4 is 41.3 Å². The summed E-state index contributed by atoms with van der Waals surface area (Å²) in [6.45, 7) is 3.30. The number of rotatable bonds is 15. The molecule has 0 radical (unpaired) electrons. The Morgan fingerprint density at radius 3 is 2.06 bits per heavy atom. The molecule has 194 valence electrons. The van der Waals surface area contributed by atoms with E-state index in [-0.39, 0.29) is 36.0 Å². The Hall–Kier alpha value is -3.32. The van der Waals surface area contributed by atoms with Crippen LogP contribution in [0.1, 0.15) is 25.8 Å². The lowest BCUT2D eigenvalue weighted by molar-refractivity contribution is -0.132. The van der Waals surface area contributed by atoms with Crippen LogP contribution in [0.15, 0.2) is 24.3 Å². The lowest BCUT2D eigenvalue weighted by Gasteiger charge is -2.25. The number of nitrogens with two attached hydrogens (primary N) is 3. The molecule has 1 aromatic rings. The Morgan fingerprint density at radius 2 is 1.51 bits per heavy atom. The minimum Gasteiger partial charge on any atom is -0.508 e. The van der Waals surface area contributed by atoms with E-state index >= 15 is 0 Å². The zero-order chi connectivity index (χ0) is 26.5. The van der Waals surface area contributed by atoms with Gasteiger partial charge in [0.15, 0.2) is 0 Å². The molecule has 35 heavy (non-hydrogen) atoms. The first kappa shape index (κ1) is 29.7. The van der Waals surface area contributed by atoms with Crippen LogP contribution in [0.2, 0.25) is 0 Å². The van der Waals surface area contributed by atoms with Gasteiger partial charge in [-0.3, -0.25) is 24.0 Å². The average molecular weight is 511 g/mol. The molecule has 0 unspecified atom stereocenters. The molecule has 0 aromatic heterocycles. The van der Waals surface area contributed by atoms with Crippen LogP contribution in [0.5, 0.6) is 5.75 Å². The van der Waals surface area contributed by atoms with E-state index in [4.69, 9.17) is 17.2 Å². The van der Waals surface area contributed by atoms with Gasteiger partial charge in [-0.15, -0.1) is 11.8 Å². The fourth-order valence-corrected chi connectivity index (χ4v) is 3.78. The number of thioether (sulfide) groups is 1. The highest BCUT2D eigenvalue weighted by Gasteiger charge is 2.29. The Bertz CT molecular complexity index is 895. The maximum Gasteiger partial charge on any atom is 0.243 e. The van der Waals surface area contributed by atoms with E-state index in [0.29, 0.717) is 0 Å². The number of nitrogens with one attached hydrogen (secondary N) is 3. The molecule has 0 fully saturated rings. The smallest absolute Gasteiger partial charge is 0.243 e. The first-order chi connectivity index (χ1) is 16.4. The molecular formula is C22H34N6O6S. The summed E-state index contributed by atoms with van der Waals surface area (Å²) in [4.78, 5) is 60.2. The predicted octanol–water partition coefficient (Wildman–Crippen LogP) is -1.90. The van der Waals surface area contributed by atoms with Gasteiger partial charge in [0.05, 0.1) is 18.3 Å². The zero-order valence-electron chi connectivity index (χ0n) is 19.8. The molecule has 10 N–H and O–H groups in total. The number of carbonyl (C=O) groups excluding carboxylic acids is 5. The predicted molar refractivity (Wildman–Crippen MR) is 132 cm³/mol. The third-order valence-electron chi connectivity index (χ3n) is 4.67. The van der Waals surface area contributed by atoms with Gasteiger partial charge in [0.1, 0.15) is 17.8 Å². The molecule has 0 aliphatic carbocycles. The standard InChI is InChI=1S/C22H34N6O6S/c1-12(2)7-16(27-20(32)15(23)8-13-3-5-14(29)6-4-13)22(34)28-17(10-35-11-19(25)31)21(33)26-9-18(24)30/h3-6,12,15-17,29H,7-11,23H2,1-2H3,(H2,24,30)(H2,25,31)(H,26,33)(H,27,32)(H,28,34)/t15-,16-,17-/m0/s1. The number of hydrogen-bond donors (Lipinski definition) is 7. The summed E-state index contributed by atoms with van der Waals surface area (Å²) in [6, 6.07) is 3.19. The fourth-order valence-electron chi connectivity index (χ4n) is 2.99. The van der Waals surface area contributed by atoms with Crippen LogP contribution >= 0.6 is 11.8 Å². The van der Waals surface area contributed by atoms with Gasteiger partial charge < -0.3 is 38.3 Å². The van der Waals surface area contributed by atoms with Crippen LogP contribution in [0.4, 0.5) is 0 Å². The van der Waals surface area contributed by atoms with Crippen molar-refractivity contribution in [2.45, 2.75) is 44.8 Å². The number of phenols is 1. The van der Waals surface area contributed by atoms with Crippen molar-refractivity contribution in [2.24, 2.45) is 23.1 Å². The van der Waals surface area contributed by atoms with Crippen LogP contribution in [0.3, 0.4) is 0 Å². The van der Waals surface area contributed by atoms with Crippen molar-refractivity contribution in [3.8, 4) is 5.75 Å². The lowest BCUT2D eigenvalue weighted by atomic mass is 10.0. The molecule has 3 atom stereocenters. The third-order valence-corrected chi connectivity index (χ3v) is 5.73. The molecule has 0 heterocycles. The molecule has 1 aromatic carbocycles. The van der Waals surface area contributed by atoms with E-state index < -0.39 is 54.2 Å². The molecule has 12 nitrogen and oxygen atoms in total. The van der Waals surface area contributed by atoms with Gasteiger partial charge in [-0.25, -0.2) is 0 Å². The maximum absolute atomic E-state index is 13.0. The van der Waals surface area contributed by atoms with Crippen LogP contribution < -0.4 is 33.2 Å². The maximum atomic E-state index is 13.0. The Balaban J connectivity index is 2.88. The molecule has 1 rings (SSSR count). The summed E-state index contributed by atoms with van der Waals surface area (Å²) in [5.74, 6) is -3.18. The van der Waals surface area contributed by atoms with Crippen molar-refractivity contribution in [1.29, 1.82) is 0 Å². The SMILES string of the molecule is CC(C)C[C@H](NC(=O)[C@@H](N)Cc1ccc(O)cc1)C(=O)N[C@@H](CSCC(N)=O)C(=O)NCC(N)=O. The van der Waals surface area contributed by atoms with Crippen LogP contribution in [-0.4, -0.2) is 70.8 Å². The zero-order valence-corrected chi connectivity index (χ0v) is 20.6. The first-order valence-electron chi connectivity index (χ1n) is 10.9. The van der Waals surface area contributed by atoms with Gasteiger partial charge in [-0.1, -0.05) is 26.0 Å². The highest BCUT2D eigenvalue weighted by atomic mass is 32.2. The first-order valence-corrected chi connectivity index (χ1v) is 12.1. The second kappa shape index (κ2) is 14.8. The number of amides is 5. The van der Waals surface area contributed by atoms with Gasteiger partial charge in [-0.05, 0) is 36.5 Å². The molecule has 0 saturated heterocycles. The van der Waals surface area contributed by atoms with Gasteiger partial charge in [0, 0.05) is 5.75 Å². The van der Waals surface area contributed by atoms with Gasteiger partial charge >= 0.3 is 0 Å². The summed E-state index contributed by atoms with van der Waals surface area (Å²) < 4.78 is 0. The molecule has 0 aliphatic heterocycles. The molecule has 0 saturated carbocycles. The van der Waals surface area contributed by atoms with E-state index in [1.54, 1.807) is 12.1 Å². The van der Waals surface area contributed by atoms with Gasteiger partial charge in [0.25, 0.3) is 0 Å². The minimum atomic E-state index is -1.11. The summed E-state index contributed by atoms with van der Waals surface area (Å²) >= 11 is 1.03. The highest BCUT2D eigenvalue weighted by Crippen LogP contribution is 2.12. The van der Waals surface area contributed by atoms with E-state index in [9.17, 15) is 29.1 Å². The van der Waals surface area contributed by atoms with Gasteiger partial charge in [0.2, 0.25) is 29.5 Å². The molecule has 0 bridgehead atoms. The average Bonchev–Trinajstić information content (AvgIpc) is 2.77. The molecule has 13 heteroatoms. The molecular weight excluding hydrogens is 476 g/mol. The summed E-state index contributed by atoms with van der Waals surface area (Å²) in [7, 11) is 0. The van der Waals surface area contributed by atoms with Gasteiger partial charge in [-0.2, -0.15) is 0 Å². The summed E-state index contributed by atoms with van der Waals surface area (Å²) in [6.07, 6.45) is 0.456. The number of hydrogen-bond acceptors (Lipinski definition) is 8. The highest BCUT2D eigenvalue weighted by molar-refractivity contribution is 8.00. The van der Waals surface area contributed by atoms with Crippen LogP contribution in [-0.2, 0) is 30.4 Å². The number of phenolic OH excluding ortho intramolecular Hbond substituents is 1. The van der Waals surface area contributed by atoms with Crippen molar-refractivity contribution in [2.75, 3.05) is 18.1 Å². The third kappa shape index (κ3) is 12.1. The fraction of sp³-hybridized carbons (Fsp3) is 0.500. The van der Waals surface area contributed by atoms with E-state index in [0.717, 1.165) is 17.3 Å². The lowest BCUT2D eigenvalue weighted by Crippen LogP contribution is -2.57. The summed E-state index contributed by atoms with van der Waals surface area (Å²) in [5, 5.41) is 16.9. The van der Waals surface area contributed by atoms with Crippen molar-refractivity contribution in [1.82, 2.24) is 16.0 Å². The number of primary amides is 2. The number of benzene rings is 1. The van der Waals surface area contributed by atoms with Crippen molar-refractivity contribution in [3.05, 3.63) is 29.8 Å². The molecule has 0 spiro atoms. The van der Waals surface area contributed by atoms with E-state index in [1.165, 1.54) is 12.1 Å². The topological polar surface area (TPSA) is 220 Å². The largest absolute Gasteiger partial charge is 0.508 e. The second-order valence-corrected chi connectivity index (χ2v) is 9.42. The monoisotopic (exact) mass is 510 g/mol. The number of aromatic hydroxyl groups is 1. The van der Waals surface area contributed by atoms with Crippen molar-refractivity contribution < 1.29 is 29.1 Å². The van der Waals surface area contributed by atoms with Crippen LogP contribution in [0, 0.1) is 5.92 Å². The Kier molecular flexibility index (Phi) is 12.6. The van der Waals surface area contributed by atoms with E-state index in [2.05, 4.69) is 16.0 Å². The molecule has 5 amide bonds. The van der Waals surface area contributed by atoms with Crippen molar-refractivity contribution in [3.63, 3.8) is 0 Å². The summed E-state index contributed by atoms with van der Waals surface area (Å²) in [5.41, 5.74) is 16.9. The number of carbonyl (C=O) groups is 5. The Labute approximate surface area is 208 Å². The molecule has 0 aliphatic rings. The second-order valence-electron chi connectivity index (χ2n) is 8.39. The minimum absolute atomic E-state index is 0.00197. The van der Waals surface area contributed by atoms with Crippen LogP contribution in [0.25, 0.3) is 0 Å². The normalized spacial score (nSPS) is 13.4. The Morgan fingerprint density at radius 1 is 0.914 bits per heavy atom.